The van der Waals surface area contributed by atoms with Crippen LogP contribution in [-0.4, -0.2) is 76.3 Å². The van der Waals surface area contributed by atoms with E-state index in [0.29, 0.717) is 41.0 Å². The van der Waals surface area contributed by atoms with Crippen LogP contribution in [0.3, 0.4) is 0 Å². The van der Waals surface area contributed by atoms with Gasteiger partial charge in [0.25, 0.3) is 5.91 Å². The standard InChI is InChI=1S/C25H27FN6O3/c26-22-13-20(6-5-19(22)14-31-9-11-32(12-10-31)21-15-35-16-21)28-25-27-8-7-23(29-25)17-1-3-18(4-2-17)24(33)30-34/h1-8,13,21,34H,9-12,14-16H2,(H,30,33)(H,27,28,29). The molecule has 0 aliphatic carbocycles. The van der Waals surface area contributed by atoms with Crippen LogP contribution in [0.1, 0.15) is 15.9 Å². The van der Waals surface area contributed by atoms with Gasteiger partial charge < -0.3 is 10.1 Å². The highest BCUT2D eigenvalue weighted by Gasteiger charge is 2.29. The largest absolute Gasteiger partial charge is 0.378 e. The number of piperazine rings is 1. The summed E-state index contributed by atoms with van der Waals surface area (Å²) in [4.78, 5) is 25.0. The molecule has 10 heteroatoms. The summed E-state index contributed by atoms with van der Waals surface area (Å²) in [6.45, 7) is 6.04. The maximum atomic E-state index is 14.9. The fourth-order valence-electron chi connectivity index (χ4n) is 4.28. The third-order valence-corrected chi connectivity index (χ3v) is 6.45. The molecule has 3 N–H and O–H groups in total. The highest BCUT2D eigenvalue weighted by Crippen LogP contribution is 2.23. The first-order valence-corrected chi connectivity index (χ1v) is 11.6. The lowest BCUT2D eigenvalue weighted by molar-refractivity contribution is -0.0774. The number of amides is 1. The van der Waals surface area contributed by atoms with Gasteiger partial charge >= 0.3 is 0 Å². The van der Waals surface area contributed by atoms with E-state index in [0.717, 1.165) is 45.0 Å². The van der Waals surface area contributed by atoms with Crippen molar-refractivity contribution in [2.24, 2.45) is 0 Å². The Balaban J connectivity index is 1.21. The third kappa shape index (κ3) is 5.46. The molecule has 0 spiro atoms. The van der Waals surface area contributed by atoms with Gasteiger partial charge in [0.2, 0.25) is 5.95 Å². The summed E-state index contributed by atoms with van der Waals surface area (Å²) in [7, 11) is 0. The van der Waals surface area contributed by atoms with Gasteiger partial charge in [0, 0.05) is 61.3 Å². The number of hydroxylamine groups is 1. The Morgan fingerprint density at radius 1 is 1.09 bits per heavy atom. The van der Waals surface area contributed by atoms with Crippen LogP contribution in [-0.2, 0) is 11.3 Å². The van der Waals surface area contributed by atoms with E-state index in [1.165, 1.54) is 6.07 Å². The average molecular weight is 479 g/mol. The molecular weight excluding hydrogens is 451 g/mol. The fraction of sp³-hybridized carbons (Fsp3) is 0.320. The van der Waals surface area contributed by atoms with Crippen LogP contribution in [0, 0.1) is 5.82 Å². The number of nitrogens with zero attached hydrogens (tertiary/aromatic N) is 4. The number of rotatable bonds is 7. The number of anilines is 2. The molecule has 5 rings (SSSR count). The van der Waals surface area contributed by atoms with Gasteiger partial charge in [0.1, 0.15) is 5.82 Å². The molecule has 3 heterocycles. The Morgan fingerprint density at radius 2 is 1.86 bits per heavy atom. The van der Waals surface area contributed by atoms with E-state index in [1.54, 1.807) is 48.1 Å². The number of benzene rings is 2. The van der Waals surface area contributed by atoms with Crippen molar-refractivity contribution in [2.45, 2.75) is 12.6 Å². The first kappa shape index (κ1) is 23.3. The first-order valence-electron chi connectivity index (χ1n) is 11.6. The third-order valence-electron chi connectivity index (χ3n) is 6.45. The molecule has 2 aliphatic rings. The molecule has 1 amide bonds. The Labute approximate surface area is 202 Å². The van der Waals surface area contributed by atoms with Gasteiger partial charge in [-0.25, -0.2) is 19.8 Å². The van der Waals surface area contributed by atoms with Crippen LogP contribution in [0.25, 0.3) is 11.3 Å². The molecule has 2 aromatic carbocycles. The number of aromatic nitrogens is 2. The molecule has 0 bridgehead atoms. The maximum Gasteiger partial charge on any atom is 0.274 e. The quantitative estimate of drug-likeness (QED) is 0.352. The van der Waals surface area contributed by atoms with Gasteiger partial charge in [-0.1, -0.05) is 18.2 Å². The predicted molar refractivity (Wildman–Crippen MR) is 128 cm³/mol. The topological polar surface area (TPSA) is 103 Å². The van der Waals surface area contributed by atoms with Crippen LogP contribution in [0.15, 0.2) is 54.7 Å². The van der Waals surface area contributed by atoms with Crippen molar-refractivity contribution in [3.05, 3.63) is 71.7 Å². The van der Waals surface area contributed by atoms with Crippen molar-refractivity contribution < 1.29 is 19.1 Å². The van der Waals surface area contributed by atoms with Crippen LogP contribution >= 0.6 is 0 Å². The second kappa shape index (κ2) is 10.4. The van der Waals surface area contributed by atoms with E-state index in [1.807, 2.05) is 6.07 Å². The molecule has 2 fully saturated rings. The molecule has 1 aromatic heterocycles. The van der Waals surface area contributed by atoms with E-state index in [2.05, 4.69) is 25.1 Å². The van der Waals surface area contributed by atoms with Crippen molar-refractivity contribution in [1.29, 1.82) is 0 Å². The molecule has 3 aromatic rings. The number of carbonyl (C=O) groups is 1. The second-order valence-corrected chi connectivity index (χ2v) is 8.72. The number of hydrogen-bond donors (Lipinski definition) is 3. The smallest absolute Gasteiger partial charge is 0.274 e. The minimum Gasteiger partial charge on any atom is -0.378 e. The average Bonchev–Trinajstić information content (AvgIpc) is 2.85. The van der Waals surface area contributed by atoms with E-state index >= 15 is 0 Å². The first-order chi connectivity index (χ1) is 17.1. The summed E-state index contributed by atoms with van der Waals surface area (Å²) in [5, 5.41) is 11.8. The molecule has 2 aliphatic heterocycles. The lowest BCUT2D eigenvalue weighted by Crippen LogP contribution is -2.56. The summed E-state index contributed by atoms with van der Waals surface area (Å²) in [5.74, 6) is -0.514. The fourth-order valence-corrected chi connectivity index (χ4v) is 4.28. The SMILES string of the molecule is O=C(NO)c1ccc(-c2ccnc(Nc3ccc(CN4CCN(C5COC5)CC4)c(F)c3)n2)cc1. The second-order valence-electron chi connectivity index (χ2n) is 8.72. The van der Waals surface area contributed by atoms with Gasteiger partial charge in [-0.15, -0.1) is 0 Å². The Bertz CT molecular complexity index is 1180. The summed E-state index contributed by atoms with van der Waals surface area (Å²) in [6, 6.07) is 14.0. The molecular formula is C25H27FN6O3. The van der Waals surface area contributed by atoms with Crippen LogP contribution < -0.4 is 10.8 Å². The van der Waals surface area contributed by atoms with Crippen LogP contribution in [0.4, 0.5) is 16.0 Å². The molecule has 0 saturated carbocycles. The Kier molecular flexibility index (Phi) is 6.96. The van der Waals surface area contributed by atoms with Crippen molar-refractivity contribution in [1.82, 2.24) is 25.2 Å². The monoisotopic (exact) mass is 478 g/mol. The highest BCUT2D eigenvalue weighted by molar-refractivity contribution is 5.93. The van der Waals surface area contributed by atoms with Gasteiger partial charge in [0.05, 0.1) is 24.9 Å². The summed E-state index contributed by atoms with van der Waals surface area (Å²) < 4.78 is 20.2. The molecule has 35 heavy (non-hydrogen) atoms. The van der Waals surface area contributed by atoms with Gasteiger partial charge in [0.15, 0.2) is 0 Å². The van der Waals surface area contributed by atoms with E-state index in [-0.39, 0.29) is 5.82 Å². The summed E-state index contributed by atoms with van der Waals surface area (Å²) in [5.41, 5.74) is 4.58. The number of ether oxygens (including phenoxy) is 1. The van der Waals surface area contributed by atoms with E-state index in [4.69, 9.17) is 9.94 Å². The van der Waals surface area contributed by atoms with E-state index in [9.17, 15) is 9.18 Å². The minimum absolute atomic E-state index is 0.265. The van der Waals surface area contributed by atoms with Gasteiger partial charge in [-0.3, -0.25) is 19.8 Å². The Morgan fingerprint density at radius 3 is 2.51 bits per heavy atom. The molecule has 9 nitrogen and oxygen atoms in total. The minimum atomic E-state index is -0.585. The van der Waals surface area contributed by atoms with Crippen LogP contribution in [0.2, 0.25) is 0 Å². The molecule has 0 atom stereocenters. The zero-order chi connectivity index (χ0) is 24.2. The predicted octanol–water partition coefficient (Wildman–Crippen LogP) is 2.66. The number of nitrogens with one attached hydrogen (secondary N) is 2. The lowest BCUT2D eigenvalue weighted by atomic mass is 10.1. The number of halogens is 1. The zero-order valence-electron chi connectivity index (χ0n) is 19.2. The maximum absolute atomic E-state index is 14.9. The van der Waals surface area contributed by atoms with Gasteiger partial charge in [-0.05, 0) is 30.3 Å². The van der Waals surface area contributed by atoms with Crippen molar-refractivity contribution in [3.63, 3.8) is 0 Å². The van der Waals surface area contributed by atoms with Crippen LogP contribution in [0.5, 0.6) is 0 Å². The van der Waals surface area contributed by atoms with Gasteiger partial charge in [-0.2, -0.15) is 0 Å². The lowest BCUT2D eigenvalue weighted by Gasteiger charge is -2.42. The Hall–Kier alpha value is -3.44. The number of hydrogen-bond acceptors (Lipinski definition) is 8. The number of carbonyl (C=O) groups excluding carboxylic acids is 1. The molecule has 0 radical (unpaired) electrons. The molecule has 182 valence electrons. The normalized spacial score (nSPS) is 17.1. The summed E-state index contributed by atoms with van der Waals surface area (Å²) in [6.07, 6.45) is 1.61. The zero-order valence-corrected chi connectivity index (χ0v) is 19.2. The van der Waals surface area contributed by atoms with Crippen molar-refractivity contribution >= 4 is 17.5 Å². The molecule has 2 saturated heterocycles. The highest BCUT2D eigenvalue weighted by atomic mass is 19.1. The van der Waals surface area contributed by atoms with Crippen molar-refractivity contribution in [2.75, 3.05) is 44.7 Å². The van der Waals surface area contributed by atoms with Crippen molar-refractivity contribution in [3.8, 4) is 11.3 Å². The van der Waals surface area contributed by atoms with E-state index < -0.39 is 5.91 Å². The molecule has 0 unspecified atom stereocenters. The summed E-state index contributed by atoms with van der Waals surface area (Å²) >= 11 is 0.